The molecule has 0 aliphatic rings. The Morgan fingerprint density at radius 2 is 1.82 bits per heavy atom. The van der Waals surface area contributed by atoms with E-state index in [9.17, 15) is 4.79 Å². The smallest absolute Gasteiger partial charge is 0.257 e. The van der Waals surface area contributed by atoms with Crippen molar-refractivity contribution >= 4 is 50.8 Å². The molecular weight excluding hydrogens is 434 g/mol. The third-order valence-electron chi connectivity index (χ3n) is 5.21. The number of methoxy groups -OCH3 is 1. The molecule has 4 aromatic carbocycles. The summed E-state index contributed by atoms with van der Waals surface area (Å²) in [6.45, 7) is 0. The van der Waals surface area contributed by atoms with Gasteiger partial charge in [-0.05, 0) is 60.1 Å². The number of carbonyl (C=O) groups excluding carboxylic acids is 1. The van der Waals surface area contributed by atoms with E-state index in [1.165, 1.54) is 0 Å². The highest BCUT2D eigenvalue weighted by molar-refractivity contribution is 7.80. The van der Waals surface area contributed by atoms with Crippen molar-refractivity contribution in [3.63, 3.8) is 0 Å². The van der Waals surface area contributed by atoms with Crippen molar-refractivity contribution < 1.29 is 13.9 Å². The van der Waals surface area contributed by atoms with Crippen LogP contribution < -0.4 is 15.4 Å². The molecule has 33 heavy (non-hydrogen) atoms. The molecule has 0 saturated carbocycles. The Morgan fingerprint density at radius 3 is 2.70 bits per heavy atom. The molecule has 162 valence electrons. The summed E-state index contributed by atoms with van der Waals surface area (Å²) in [5, 5.41) is 8.06. The van der Waals surface area contributed by atoms with E-state index in [4.69, 9.17) is 26.4 Å². The number of thiocarbonyl (C=S) groups is 1. The van der Waals surface area contributed by atoms with Gasteiger partial charge in [-0.25, -0.2) is 4.98 Å². The van der Waals surface area contributed by atoms with Crippen LogP contribution in [-0.2, 0) is 0 Å². The maximum atomic E-state index is 12.5. The Morgan fingerprint density at radius 1 is 0.970 bits per heavy atom. The van der Waals surface area contributed by atoms with Crippen LogP contribution in [0.5, 0.6) is 5.75 Å². The third kappa shape index (κ3) is 4.26. The minimum absolute atomic E-state index is 0.184. The number of carbonyl (C=O) groups is 1. The van der Waals surface area contributed by atoms with Gasteiger partial charge in [0.1, 0.15) is 11.3 Å². The number of rotatable bonds is 4. The number of nitrogens with one attached hydrogen (secondary N) is 2. The topological polar surface area (TPSA) is 76.4 Å². The van der Waals surface area contributed by atoms with Crippen LogP contribution in [0.25, 0.3) is 33.3 Å². The normalized spacial score (nSPS) is 10.8. The molecule has 0 unspecified atom stereocenters. The lowest BCUT2D eigenvalue weighted by atomic mass is 10.1. The van der Waals surface area contributed by atoms with Gasteiger partial charge in [-0.1, -0.05) is 42.5 Å². The first kappa shape index (κ1) is 20.7. The van der Waals surface area contributed by atoms with Crippen molar-refractivity contribution in [3.05, 3.63) is 90.5 Å². The van der Waals surface area contributed by atoms with Crippen molar-refractivity contribution in [2.45, 2.75) is 0 Å². The second-order valence-electron chi connectivity index (χ2n) is 7.37. The van der Waals surface area contributed by atoms with E-state index in [0.717, 1.165) is 27.4 Å². The third-order valence-corrected chi connectivity index (χ3v) is 5.41. The van der Waals surface area contributed by atoms with E-state index in [0.29, 0.717) is 22.9 Å². The van der Waals surface area contributed by atoms with Gasteiger partial charge in [0, 0.05) is 22.2 Å². The molecular formula is C26H19N3O3S. The summed E-state index contributed by atoms with van der Waals surface area (Å²) < 4.78 is 11.2. The highest BCUT2D eigenvalue weighted by Gasteiger charge is 2.13. The van der Waals surface area contributed by atoms with Crippen molar-refractivity contribution in [3.8, 4) is 17.2 Å². The Bertz CT molecular complexity index is 1510. The van der Waals surface area contributed by atoms with Gasteiger partial charge in [-0.3, -0.25) is 10.1 Å². The molecule has 0 aliphatic carbocycles. The van der Waals surface area contributed by atoms with Gasteiger partial charge in [0.15, 0.2) is 10.7 Å². The number of anilines is 1. The number of nitrogens with zero attached hydrogens (tertiary/aromatic N) is 1. The highest BCUT2D eigenvalue weighted by Crippen LogP contribution is 2.30. The minimum atomic E-state index is -0.326. The average molecular weight is 454 g/mol. The Hall–Kier alpha value is -4.23. The summed E-state index contributed by atoms with van der Waals surface area (Å²) in [7, 11) is 1.55. The van der Waals surface area contributed by atoms with Crippen LogP contribution >= 0.6 is 12.2 Å². The number of benzene rings is 4. The molecule has 6 nitrogen and oxygen atoms in total. The standard InChI is InChI=1S/C26H19N3O3S/c1-31-20-10-5-7-17(15-20)24(30)29-26(33)27-19-9-4-8-18(14-19)25-28-23-21-11-3-2-6-16(21)12-13-22(23)32-25/h2-15H,1H3,(H2,27,29,30,33). The van der Waals surface area contributed by atoms with Gasteiger partial charge in [-0.15, -0.1) is 0 Å². The summed E-state index contributed by atoms with van der Waals surface area (Å²) >= 11 is 5.33. The van der Waals surface area contributed by atoms with Gasteiger partial charge in [0.2, 0.25) is 5.89 Å². The molecule has 2 N–H and O–H groups in total. The predicted octanol–water partition coefficient (Wildman–Crippen LogP) is 5.78. The Kier molecular flexibility index (Phi) is 5.46. The molecule has 0 radical (unpaired) electrons. The van der Waals surface area contributed by atoms with E-state index >= 15 is 0 Å². The van der Waals surface area contributed by atoms with E-state index < -0.39 is 0 Å². The van der Waals surface area contributed by atoms with Crippen molar-refractivity contribution in [1.82, 2.24) is 10.3 Å². The zero-order chi connectivity index (χ0) is 22.8. The van der Waals surface area contributed by atoms with Crippen molar-refractivity contribution in [2.75, 3.05) is 12.4 Å². The minimum Gasteiger partial charge on any atom is -0.497 e. The fraction of sp³-hybridized carbons (Fsp3) is 0.0385. The number of hydrogen-bond donors (Lipinski definition) is 2. The summed E-state index contributed by atoms with van der Waals surface area (Å²) in [5.41, 5.74) is 3.49. The van der Waals surface area contributed by atoms with Crippen LogP contribution in [0.15, 0.2) is 89.3 Å². The lowest BCUT2D eigenvalue weighted by Crippen LogP contribution is -2.34. The molecule has 5 aromatic rings. The molecule has 0 spiro atoms. The van der Waals surface area contributed by atoms with Gasteiger partial charge >= 0.3 is 0 Å². The van der Waals surface area contributed by atoms with Crippen molar-refractivity contribution in [1.29, 1.82) is 0 Å². The van der Waals surface area contributed by atoms with Gasteiger partial charge in [0.05, 0.1) is 7.11 Å². The molecule has 0 bridgehead atoms. The monoisotopic (exact) mass is 453 g/mol. The van der Waals surface area contributed by atoms with Crippen LogP contribution in [0.1, 0.15) is 10.4 Å². The molecule has 0 aliphatic heterocycles. The predicted molar refractivity (Wildman–Crippen MR) is 134 cm³/mol. The summed E-state index contributed by atoms with van der Waals surface area (Å²) in [4.78, 5) is 17.2. The highest BCUT2D eigenvalue weighted by atomic mass is 32.1. The summed E-state index contributed by atoms with van der Waals surface area (Å²) in [6, 6.07) is 26.4. The van der Waals surface area contributed by atoms with E-state index in [1.807, 2.05) is 54.6 Å². The maximum Gasteiger partial charge on any atom is 0.257 e. The molecule has 0 atom stereocenters. The molecule has 0 fully saturated rings. The Labute approximate surface area is 195 Å². The average Bonchev–Trinajstić information content (AvgIpc) is 3.29. The zero-order valence-electron chi connectivity index (χ0n) is 17.7. The van der Waals surface area contributed by atoms with Gasteiger partial charge < -0.3 is 14.5 Å². The van der Waals surface area contributed by atoms with Gasteiger partial charge in [0.25, 0.3) is 5.91 Å². The van der Waals surface area contributed by atoms with Crippen LogP contribution in [0, 0.1) is 0 Å². The number of fused-ring (bicyclic) bond motifs is 3. The van der Waals surface area contributed by atoms with E-state index in [1.54, 1.807) is 31.4 Å². The summed E-state index contributed by atoms with van der Waals surface area (Å²) in [5.74, 6) is 0.782. The SMILES string of the molecule is COc1cccc(C(=O)NC(=S)Nc2cccc(-c3nc4c(ccc5ccccc54)o3)c2)c1. The van der Waals surface area contributed by atoms with Crippen molar-refractivity contribution in [2.24, 2.45) is 0 Å². The molecule has 1 amide bonds. The second-order valence-corrected chi connectivity index (χ2v) is 7.78. The Balaban J connectivity index is 1.35. The van der Waals surface area contributed by atoms with Crippen LogP contribution in [0.4, 0.5) is 5.69 Å². The van der Waals surface area contributed by atoms with Crippen LogP contribution in [0.3, 0.4) is 0 Å². The molecule has 7 heteroatoms. The number of aromatic nitrogens is 1. The first-order valence-corrected chi connectivity index (χ1v) is 10.7. The van der Waals surface area contributed by atoms with E-state index in [-0.39, 0.29) is 11.0 Å². The number of ether oxygens (including phenoxy) is 1. The van der Waals surface area contributed by atoms with Gasteiger partial charge in [-0.2, -0.15) is 0 Å². The molecule has 0 saturated heterocycles. The van der Waals surface area contributed by atoms with Crippen LogP contribution in [0.2, 0.25) is 0 Å². The van der Waals surface area contributed by atoms with Crippen LogP contribution in [-0.4, -0.2) is 23.1 Å². The largest absolute Gasteiger partial charge is 0.497 e. The first-order chi connectivity index (χ1) is 16.1. The summed E-state index contributed by atoms with van der Waals surface area (Å²) in [6.07, 6.45) is 0. The zero-order valence-corrected chi connectivity index (χ0v) is 18.5. The molecule has 1 aromatic heterocycles. The lowest BCUT2D eigenvalue weighted by molar-refractivity contribution is 0.0977. The second kappa shape index (κ2) is 8.72. The van der Waals surface area contributed by atoms with E-state index in [2.05, 4.69) is 16.7 Å². The molecule has 5 rings (SSSR count). The fourth-order valence-electron chi connectivity index (χ4n) is 3.62. The first-order valence-electron chi connectivity index (χ1n) is 10.3. The number of hydrogen-bond acceptors (Lipinski definition) is 5. The number of oxazole rings is 1. The maximum absolute atomic E-state index is 12.5. The quantitative estimate of drug-likeness (QED) is 0.336. The number of amides is 1. The molecule has 1 heterocycles. The fourth-order valence-corrected chi connectivity index (χ4v) is 3.83. The lowest BCUT2D eigenvalue weighted by Gasteiger charge is -2.10.